The van der Waals surface area contributed by atoms with Crippen LogP contribution in [0.3, 0.4) is 0 Å². The number of hydrogen-bond acceptors (Lipinski definition) is 2. The van der Waals surface area contributed by atoms with E-state index in [-0.39, 0.29) is 0 Å². The van der Waals surface area contributed by atoms with Crippen molar-refractivity contribution in [3.8, 4) is 33.4 Å². The molecular formula is C36H25NO. The number of para-hydroxylation sites is 1. The van der Waals surface area contributed by atoms with Crippen molar-refractivity contribution in [2.24, 2.45) is 0 Å². The molecule has 1 N–H and O–H groups in total. The molecule has 0 aliphatic heterocycles. The Morgan fingerprint density at radius 1 is 0.395 bits per heavy atom. The lowest BCUT2D eigenvalue weighted by molar-refractivity contribution is 0.669. The molecule has 0 unspecified atom stereocenters. The van der Waals surface area contributed by atoms with Crippen LogP contribution < -0.4 is 5.32 Å². The third kappa shape index (κ3) is 4.12. The van der Waals surface area contributed by atoms with Crippen LogP contribution >= 0.6 is 0 Å². The lowest BCUT2D eigenvalue weighted by Crippen LogP contribution is -1.90. The SMILES string of the molecule is c1ccc(Nc2cccc(-c3cccc(-c4cccc5oc6ccc(-c7ccccc7)cc6c45)c3)c2)cc1. The molecule has 2 nitrogen and oxygen atoms in total. The lowest BCUT2D eigenvalue weighted by Gasteiger charge is -2.10. The van der Waals surface area contributed by atoms with Crippen molar-refractivity contribution in [1.82, 2.24) is 0 Å². The van der Waals surface area contributed by atoms with Gasteiger partial charge in [0.25, 0.3) is 0 Å². The Kier molecular flexibility index (Phi) is 5.49. The van der Waals surface area contributed by atoms with Gasteiger partial charge in [-0.2, -0.15) is 0 Å². The monoisotopic (exact) mass is 487 g/mol. The Morgan fingerprint density at radius 2 is 1.03 bits per heavy atom. The molecule has 0 aliphatic rings. The maximum Gasteiger partial charge on any atom is 0.136 e. The molecule has 6 aromatic carbocycles. The zero-order chi connectivity index (χ0) is 25.3. The number of benzene rings is 6. The molecular weight excluding hydrogens is 462 g/mol. The van der Waals surface area contributed by atoms with Crippen LogP contribution in [0.15, 0.2) is 150 Å². The van der Waals surface area contributed by atoms with Crippen molar-refractivity contribution in [2.45, 2.75) is 0 Å². The Morgan fingerprint density at radius 3 is 1.87 bits per heavy atom. The summed E-state index contributed by atoms with van der Waals surface area (Å²) in [6, 6.07) is 50.9. The van der Waals surface area contributed by atoms with Crippen molar-refractivity contribution in [1.29, 1.82) is 0 Å². The molecule has 180 valence electrons. The molecule has 0 bridgehead atoms. The summed E-state index contributed by atoms with van der Waals surface area (Å²) < 4.78 is 6.28. The fourth-order valence-corrected chi connectivity index (χ4v) is 5.21. The van der Waals surface area contributed by atoms with Crippen molar-refractivity contribution >= 4 is 33.3 Å². The average molecular weight is 488 g/mol. The van der Waals surface area contributed by atoms with Gasteiger partial charge in [-0.05, 0) is 81.9 Å². The molecule has 0 radical (unpaired) electrons. The Balaban J connectivity index is 1.32. The van der Waals surface area contributed by atoms with Gasteiger partial charge in [0.2, 0.25) is 0 Å². The molecule has 1 aromatic heterocycles. The number of fused-ring (bicyclic) bond motifs is 3. The first-order valence-electron chi connectivity index (χ1n) is 12.9. The van der Waals surface area contributed by atoms with Gasteiger partial charge in [0, 0.05) is 22.1 Å². The summed E-state index contributed by atoms with van der Waals surface area (Å²) in [6.45, 7) is 0. The quantitative estimate of drug-likeness (QED) is 0.261. The summed E-state index contributed by atoms with van der Waals surface area (Å²) in [6.07, 6.45) is 0. The second-order valence-electron chi connectivity index (χ2n) is 9.51. The molecule has 7 aromatic rings. The van der Waals surface area contributed by atoms with Crippen LogP contribution in [0.1, 0.15) is 0 Å². The maximum absolute atomic E-state index is 6.28. The second kappa shape index (κ2) is 9.42. The molecule has 0 saturated heterocycles. The van der Waals surface area contributed by atoms with Crippen LogP contribution in [0.5, 0.6) is 0 Å². The predicted molar refractivity (Wildman–Crippen MR) is 160 cm³/mol. The highest BCUT2D eigenvalue weighted by Crippen LogP contribution is 2.39. The lowest BCUT2D eigenvalue weighted by atomic mass is 9.95. The first-order valence-corrected chi connectivity index (χ1v) is 12.9. The van der Waals surface area contributed by atoms with Crippen LogP contribution in [-0.4, -0.2) is 0 Å². The number of anilines is 2. The molecule has 1 heterocycles. The zero-order valence-corrected chi connectivity index (χ0v) is 20.8. The van der Waals surface area contributed by atoms with Crippen LogP contribution in [0.4, 0.5) is 11.4 Å². The minimum absolute atomic E-state index is 0.905. The summed E-state index contributed by atoms with van der Waals surface area (Å²) in [4.78, 5) is 0. The molecule has 0 amide bonds. The summed E-state index contributed by atoms with van der Waals surface area (Å²) in [5.41, 5.74) is 11.0. The third-order valence-electron chi connectivity index (χ3n) is 7.03. The third-order valence-corrected chi connectivity index (χ3v) is 7.03. The van der Waals surface area contributed by atoms with E-state index in [0.29, 0.717) is 0 Å². The van der Waals surface area contributed by atoms with E-state index in [1.807, 2.05) is 24.3 Å². The molecule has 7 rings (SSSR count). The van der Waals surface area contributed by atoms with Gasteiger partial charge in [-0.1, -0.05) is 97.1 Å². The molecule has 0 saturated carbocycles. The fourth-order valence-electron chi connectivity index (χ4n) is 5.21. The van der Waals surface area contributed by atoms with E-state index in [0.717, 1.165) is 33.3 Å². The van der Waals surface area contributed by atoms with E-state index in [1.165, 1.54) is 33.4 Å². The summed E-state index contributed by atoms with van der Waals surface area (Å²) >= 11 is 0. The van der Waals surface area contributed by atoms with Crippen LogP contribution in [-0.2, 0) is 0 Å². The predicted octanol–water partition coefficient (Wildman–Crippen LogP) is 10.3. The Bertz CT molecular complexity index is 1880. The van der Waals surface area contributed by atoms with E-state index in [2.05, 4.69) is 127 Å². The molecule has 38 heavy (non-hydrogen) atoms. The van der Waals surface area contributed by atoms with Gasteiger partial charge in [-0.15, -0.1) is 0 Å². The van der Waals surface area contributed by atoms with Gasteiger partial charge in [0.15, 0.2) is 0 Å². The highest BCUT2D eigenvalue weighted by molar-refractivity contribution is 6.13. The first-order chi connectivity index (χ1) is 18.8. The van der Waals surface area contributed by atoms with Gasteiger partial charge in [-0.25, -0.2) is 0 Å². The van der Waals surface area contributed by atoms with Crippen molar-refractivity contribution in [3.63, 3.8) is 0 Å². The van der Waals surface area contributed by atoms with E-state index in [1.54, 1.807) is 0 Å². The summed E-state index contributed by atoms with van der Waals surface area (Å²) in [5, 5.41) is 5.79. The highest BCUT2D eigenvalue weighted by Gasteiger charge is 2.14. The number of furan rings is 1. The van der Waals surface area contributed by atoms with Crippen molar-refractivity contribution in [2.75, 3.05) is 5.32 Å². The number of nitrogens with one attached hydrogen (secondary N) is 1. The van der Waals surface area contributed by atoms with Crippen LogP contribution in [0.2, 0.25) is 0 Å². The van der Waals surface area contributed by atoms with Gasteiger partial charge < -0.3 is 9.73 Å². The second-order valence-corrected chi connectivity index (χ2v) is 9.51. The molecule has 0 aliphatic carbocycles. The molecule has 0 fully saturated rings. The Labute approximate surface area is 221 Å². The first kappa shape index (κ1) is 22.1. The van der Waals surface area contributed by atoms with Crippen molar-refractivity contribution < 1.29 is 4.42 Å². The minimum atomic E-state index is 0.905. The van der Waals surface area contributed by atoms with Gasteiger partial charge >= 0.3 is 0 Å². The molecule has 2 heteroatoms. The summed E-state index contributed by atoms with van der Waals surface area (Å²) in [7, 11) is 0. The van der Waals surface area contributed by atoms with Crippen LogP contribution in [0.25, 0.3) is 55.3 Å². The van der Waals surface area contributed by atoms with E-state index in [9.17, 15) is 0 Å². The standard InChI is InChI=1S/C36H25NO/c1-3-10-25(11-4-1)28-20-21-34-33(24-28)36-32(18-9-19-35(36)38-34)29-14-7-12-26(22-29)27-13-8-17-31(23-27)37-30-15-5-2-6-16-30/h1-24,37H. The normalized spacial score (nSPS) is 11.2. The topological polar surface area (TPSA) is 25.2 Å². The van der Waals surface area contributed by atoms with E-state index < -0.39 is 0 Å². The van der Waals surface area contributed by atoms with Gasteiger partial charge in [0.1, 0.15) is 11.2 Å². The number of hydrogen-bond donors (Lipinski definition) is 1. The minimum Gasteiger partial charge on any atom is -0.456 e. The largest absolute Gasteiger partial charge is 0.456 e. The fraction of sp³-hybridized carbons (Fsp3) is 0. The zero-order valence-electron chi connectivity index (χ0n) is 20.8. The molecule has 0 atom stereocenters. The highest BCUT2D eigenvalue weighted by atomic mass is 16.3. The van der Waals surface area contributed by atoms with E-state index in [4.69, 9.17) is 4.42 Å². The van der Waals surface area contributed by atoms with Crippen LogP contribution in [0, 0.1) is 0 Å². The molecule has 0 spiro atoms. The number of rotatable bonds is 5. The van der Waals surface area contributed by atoms with Gasteiger partial charge in [-0.3, -0.25) is 0 Å². The summed E-state index contributed by atoms with van der Waals surface area (Å²) in [5.74, 6) is 0. The van der Waals surface area contributed by atoms with Gasteiger partial charge in [0.05, 0.1) is 0 Å². The van der Waals surface area contributed by atoms with Crippen molar-refractivity contribution in [3.05, 3.63) is 146 Å². The van der Waals surface area contributed by atoms with E-state index >= 15 is 0 Å². The smallest absolute Gasteiger partial charge is 0.136 e. The Hall–Kier alpha value is -5.08. The maximum atomic E-state index is 6.28. The average Bonchev–Trinajstić information content (AvgIpc) is 3.37.